The molecule has 0 aliphatic rings. The van der Waals surface area contributed by atoms with Crippen molar-refractivity contribution in [3.05, 3.63) is 23.8 Å². The van der Waals surface area contributed by atoms with E-state index in [2.05, 4.69) is 10.0 Å². The van der Waals surface area contributed by atoms with E-state index in [1.165, 1.54) is 0 Å². The van der Waals surface area contributed by atoms with Crippen LogP contribution in [-0.2, 0) is 0 Å². The van der Waals surface area contributed by atoms with Crippen LogP contribution >= 0.6 is 23.2 Å². The first-order chi connectivity index (χ1) is 8.45. The number of para-hydroxylation sites is 1. The molecule has 1 N–H and O–H groups in total. The van der Waals surface area contributed by atoms with Crippen LogP contribution in [0.3, 0.4) is 0 Å². The highest BCUT2D eigenvalue weighted by Crippen LogP contribution is 2.32. The Hall–Kier alpha value is -0.800. The Morgan fingerprint density at radius 1 is 1.22 bits per heavy atom. The normalized spacial score (nSPS) is 14.1. The zero-order valence-electron chi connectivity index (χ0n) is 11.0. The smallest absolute Gasteiger partial charge is 0.111 e. The molecule has 18 heavy (non-hydrogen) atoms. The highest BCUT2D eigenvalue weighted by molar-refractivity contribution is 6.21. The number of halogens is 2. The van der Waals surface area contributed by atoms with Crippen molar-refractivity contribution in [1.29, 1.82) is 5.53 Å². The molecule has 3 nitrogen and oxygen atoms in total. The number of benzene rings is 1. The summed E-state index contributed by atoms with van der Waals surface area (Å²) in [4.78, 5) is 2.09. The SMILES string of the molecule is Cc1cccc(N(CC(C)Cl)CC(C)Cl)c1N=N. The Morgan fingerprint density at radius 2 is 1.78 bits per heavy atom. The topological polar surface area (TPSA) is 39.5 Å². The van der Waals surface area contributed by atoms with Crippen LogP contribution in [0.15, 0.2) is 23.3 Å². The second-order valence-corrected chi connectivity index (χ2v) is 6.01. The maximum Gasteiger partial charge on any atom is 0.111 e. The predicted octanol–water partition coefficient (Wildman–Crippen LogP) is 4.72. The number of anilines is 1. The lowest BCUT2D eigenvalue weighted by Crippen LogP contribution is -2.33. The Morgan fingerprint density at radius 3 is 2.22 bits per heavy atom. The average Bonchev–Trinajstić information content (AvgIpc) is 2.26. The van der Waals surface area contributed by atoms with Gasteiger partial charge in [0.2, 0.25) is 0 Å². The van der Waals surface area contributed by atoms with E-state index in [-0.39, 0.29) is 10.8 Å². The maximum atomic E-state index is 7.32. The molecule has 0 fully saturated rings. The molecule has 1 aromatic carbocycles. The van der Waals surface area contributed by atoms with Gasteiger partial charge >= 0.3 is 0 Å². The van der Waals surface area contributed by atoms with Crippen LogP contribution in [0.2, 0.25) is 0 Å². The molecule has 2 atom stereocenters. The maximum absolute atomic E-state index is 7.32. The monoisotopic (exact) mass is 287 g/mol. The number of nitrogens with one attached hydrogen (secondary N) is 1. The summed E-state index contributed by atoms with van der Waals surface area (Å²) in [5, 5.41) is 3.65. The minimum absolute atomic E-state index is 0.0134. The van der Waals surface area contributed by atoms with E-state index in [0.29, 0.717) is 18.8 Å². The third-order valence-electron chi connectivity index (χ3n) is 2.61. The molecule has 0 heterocycles. The summed E-state index contributed by atoms with van der Waals surface area (Å²) < 4.78 is 0. The molecule has 0 saturated heterocycles. The van der Waals surface area contributed by atoms with Crippen molar-refractivity contribution in [3.8, 4) is 0 Å². The fourth-order valence-electron chi connectivity index (χ4n) is 1.92. The van der Waals surface area contributed by atoms with Gasteiger partial charge in [0.25, 0.3) is 0 Å². The van der Waals surface area contributed by atoms with Crippen LogP contribution in [0, 0.1) is 12.5 Å². The van der Waals surface area contributed by atoms with Gasteiger partial charge in [-0.15, -0.1) is 23.2 Å². The van der Waals surface area contributed by atoms with Gasteiger partial charge in [-0.25, -0.2) is 5.53 Å². The standard InChI is InChI=1S/C13H19Cl2N3/c1-9-5-4-6-12(13(9)17-16)18(7-10(2)14)8-11(3)15/h4-6,10-11,16H,7-8H2,1-3H3. The lowest BCUT2D eigenvalue weighted by molar-refractivity contribution is 0.752. The number of alkyl halides is 2. The van der Waals surface area contributed by atoms with E-state index in [9.17, 15) is 0 Å². The van der Waals surface area contributed by atoms with E-state index in [4.69, 9.17) is 28.7 Å². The summed E-state index contributed by atoms with van der Waals surface area (Å²) in [6.07, 6.45) is 0. The number of aryl methyl sites for hydroxylation is 1. The van der Waals surface area contributed by atoms with Crippen molar-refractivity contribution < 1.29 is 0 Å². The average molecular weight is 288 g/mol. The minimum atomic E-state index is 0.0134. The van der Waals surface area contributed by atoms with E-state index in [1.807, 2.05) is 39.0 Å². The molecule has 2 unspecified atom stereocenters. The fourth-order valence-corrected chi connectivity index (χ4v) is 2.26. The van der Waals surface area contributed by atoms with Crippen molar-refractivity contribution in [2.75, 3.05) is 18.0 Å². The van der Waals surface area contributed by atoms with Gasteiger partial charge in [-0.2, -0.15) is 5.11 Å². The Labute approximate surface area is 119 Å². The second kappa shape index (κ2) is 6.95. The van der Waals surface area contributed by atoms with Gasteiger partial charge in [-0.05, 0) is 32.4 Å². The van der Waals surface area contributed by atoms with Crippen LogP contribution in [-0.4, -0.2) is 23.8 Å². The van der Waals surface area contributed by atoms with Gasteiger partial charge in [-0.3, -0.25) is 0 Å². The quantitative estimate of drug-likeness (QED) is 0.597. The van der Waals surface area contributed by atoms with E-state index in [1.54, 1.807) is 0 Å². The number of nitrogens with zero attached hydrogens (tertiary/aromatic N) is 2. The summed E-state index contributed by atoms with van der Waals surface area (Å²) in [6.45, 7) is 7.21. The van der Waals surface area contributed by atoms with Gasteiger partial charge in [0.05, 0.1) is 5.69 Å². The summed E-state index contributed by atoms with van der Waals surface area (Å²) in [5.74, 6) is 0. The zero-order chi connectivity index (χ0) is 13.7. The van der Waals surface area contributed by atoms with E-state index in [0.717, 1.165) is 11.3 Å². The van der Waals surface area contributed by atoms with Gasteiger partial charge in [-0.1, -0.05) is 12.1 Å². The highest BCUT2D eigenvalue weighted by atomic mass is 35.5. The molecule has 0 radical (unpaired) electrons. The molecule has 0 bridgehead atoms. The van der Waals surface area contributed by atoms with Gasteiger partial charge in [0, 0.05) is 23.8 Å². The van der Waals surface area contributed by atoms with Crippen LogP contribution in [0.4, 0.5) is 11.4 Å². The van der Waals surface area contributed by atoms with Gasteiger partial charge < -0.3 is 4.90 Å². The van der Waals surface area contributed by atoms with Crippen LogP contribution in [0.25, 0.3) is 0 Å². The molecular weight excluding hydrogens is 269 g/mol. The molecule has 0 spiro atoms. The van der Waals surface area contributed by atoms with Crippen LogP contribution < -0.4 is 4.90 Å². The fraction of sp³-hybridized carbons (Fsp3) is 0.538. The van der Waals surface area contributed by atoms with Crippen LogP contribution in [0.1, 0.15) is 19.4 Å². The molecule has 0 aliphatic carbocycles. The second-order valence-electron chi connectivity index (χ2n) is 4.52. The molecule has 0 amide bonds. The minimum Gasteiger partial charge on any atom is -0.367 e. The lowest BCUT2D eigenvalue weighted by Gasteiger charge is -2.28. The molecule has 100 valence electrons. The van der Waals surface area contributed by atoms with E-state index >= 15 is 0 Å². The molecular formula is C13H19Cl2N3. The Balaban J connectivity index is 3.11. The first-order valence-corrected chi connectivity index (χ1v) is 6.83. The van der Waals surface area contributed by atoms with Gasteiger partial charge in [0.1, 0.15) is 5.69 Å². The lowest BCUT2D eigenvalue weighted by atomic mass is 10.1. The van der Waals surface area contributed by atoms with Crippen molar-refractivity contribution in [3.63, 3.8) is 0 Å². The molecule has 0 saturated carbocycles. The number of hydrogen-bond donors (Lipinski definition) is 1. The summed E-state index contributed by atoms with van der Waals surface area (Å²) >= 11 is 12.2. The first-order valence-electron chi connectivity index (χ1n) is 5.95. The largest absolute Gasteiger partial charge is 0.367 e. The zero-order valence-corrected chi connectivity index (χ0v) is 12.5. The first kappa shape index (κ1) is 15.3. The number of hydrogen-bond acceptors (Lipinski definition) is 3. The highest BCUT2D eigenvalue weighted by Gasteiger charge is 2.16. The molecule has 0 aromatic heterocycles. The molecule has 0 aliphatic heterocycles. The van der Waals surface area contributed by atoms with Crippen molar-refractivity contribution in [2.45, 2.75) is 31.5 Å². The van der Waals surface area contributed by atoms with Crippen molar-refractivity contribution >= 4 is 34.6 Å². The molecule has 5 heteroatoms. The van der Waals surface area contributed by atoms with Crippen molar-refractivity contribution in [1.82, 2.24) is 0 Å². The Bertz CT molecular complexity index is 395. The van der Waals surface area contributed by atoms with Crippen molar-refractivity contribution in [2.24, 2.45) is 5.11 Å². The van der Waals surface area contributed by atoms with Crippen LogP contribution in [0.5, 0.6) is 0 Å². The molecule has 1 aromatic rings. The third kappa shape index (κ3) is 4.14. The van der Waals surface area contributed by atoms with Gasteiger partial charge in [0.15, 0.2) is 0 Å². The summed E-state index contributed by atoms with van der Waals surface area (Å²) in [6, 6.07) is 5.87. The summed E-state index contributed by atoms with van der Waals surface area (Å²) in [7, 11) is 0. The number of rotatable bonds is 6. The summed E-state index contributed by atoms with van der Waals surface area (Å²) in [5.41, 5.74) is 9.91. The predicted molar refractivity (Wildman–Crippen MR) is 78.8 cm³/mol. The third-order valence-corrected chi connectivity index (χ3v) is 2.89. The van der Waals surface area contributed by atoms with E-state index < -0.39 is 0 Å². The Kier molecular flexibility index (Phi) is 5.89. The molecule has 1 rings (SSSR count).